The van der Waals surface area contributed by atoms with Crippen molar-refractivity contribution in [1.29, 1.82) is 0 Å². The van der Waals surface area contributed by atoms with Gasteiger partial charge in [-0.2, -0.15) is 0 Å². The molecule has 0 radical (unpaired) electrons. The van der Waals surface area contributed by atoms with Crippen LogP contribution in [0.25, 0.3) is 11.1 Å². The largest absolute Gasteiger partial charge is 0.479 e. The highest BCUT2D eigenvalue weighted by molar-refractivity contribution is 5.86. The quantitative estimate of drug-likeness (QED) is 0.576. The first-order valence-electron chi connectivity index (χ1n) is 9.79. The van der Waals surface area contributed by atoms with Crippen molar-refractivity contribution in [2.45, 2.75) is 24.8 Å². The molecule has 2 aliphatic carbocycles. The highest BCUT2D eigenvalue weighted by Crippen LogP contribution is 2.44. The summed E-state index contributed by atoms with van der Waals surface area (Å²) >= 11 is 0. The number of carbonyl (C=O) groups excluding carboxylic acids is 2. The Kier molecular flexibility index (Phi) is 5.67. The Morgan fingerprint density at radius 3 is 2.17 bits per heavy atom. The van der Waals surface area contributed by atoms with E-state index in [4.69, 9.17) is 9.84 Å². The van der Waals surface area contributed by atoms with E-state index in [0.29, 0.717) is 0 Å². The van der Waals surface area contributed by atoms with Gasteiger partial charge in [0.05, 0.1) is 0 Å². The molecule has 0 spiro atoms. The number of carboxylic acids is 1. The van der Waals surface area contributed by atoms with Crippen LogP contribution in [0.1, 0.15) is 29.9 Å². The number of benzene rings is 2. The molecule has 4 rings (SSSR count). The van der Waals surface area contributed by atoms with Gasteiger partial charge in [0.15, 0.2) is 6.61 Å². The predicted molar refractivity (Wildman–Crippen MR) is 106 cm³/mol. The molecule has 1 fully saturated rings. The molecule has 2 amide bonds. The van der Waals surface area contributed by atoms with Crippen molar-refractivity contribution in [1.82, 2.24) is 10.8 Å². The summed E-state index contributed by atoms with van der Waals surface area (Å²) in [4.78, 5) is 39.8. The number of rotatable bonds is 8. The molecule has 30 heavy (non-hydrogen) atoms. The monoisotopic (exact) mass is 410 g/mol. The maximum absolute atomic E-state index is 12.4. The Bertz CT molecular complexity index is 926. The summed E-state index contributed by atoms with van der Waals surface area (Å²) in [5, 5.41) is 11.2. The number of hydroxylamine groups is 1. The molecule has 2 aromatic rings. The Morgan fingerprint density at radius 2 is 1.60 bits per heavy atom. The minimum Gasteiger partial charge on any atom is -0.479 e. The molecular weight excluding hydrogens is 388 g/mol. The van der Waals surface area contributed by atoms with Gasteiger partial charge in [0, 0.05) is 5.92 Å². The van der Waals surface area contributed by atoms with Crippen LogP contribution < -0.4 is 10.8 Å². The molecule has 0 bridgehead atoms. The molecule has 0 saturated heterocycles. The number of hydrogen-bond donors (Lipinski definition) is 3. The first kappa shape index (κ1) is 19.9. The molecule has 1 atom stereocenters. The maximum atomic E-state index is 12.4. The third-order valence-electron chi connectivity index (χ3n) is 5.36. The van der Waals surface area contributed by atoms with Crippen LogP contribution in [0.4, 0.5) is 4.79 Å². The summed E-state index contributed by atoms with van der Waals surface area (Å²) in [5.74, 6) is -1.89. The van der Waals surface area contributed by atoms with Gasteiger partial charge in [-0.05, 0) is 41.0 Å². The molecule has 8 nitrogen and oxygen atoms in total. The molecule has 156 valence electrons. The third kappa shape index (κ3) is 4.28. The van der Waals surface area contributed by atoms with Gasteiger partial charge in [0.25, 0.3) is 5.91 Å². The van der Waals surface area contributed by atoms with Gasteiger partial charge in [-0.3, -0.25) is 9.63 Å². The summed E-state index contributed by atoms with van der Waals surface area (Å²) in [5.41, 5.74) is 6.54. The minimum absolute atomic E-state index is 0.0149. The van der Waals surface area contributed by atoms with Crippen molar-refractivity contribution in [3.05, 3.63) is 59.7 Å². The van der Waals surface area contributed by atoms with Gasteiger partial charge in [0.2, 0.25) is 0 Å². The van der Waals surface area contributed by atoms with Gasteiger partial charge in [-0.15, -0.1) is 0 Å². The molecule has 3 N–H and O–H groups in total. The van der Waals surface area contributed by atoms with Gasteiger partial charge in [0.1, 0.15) is 12.6 Å². The SMILES string of the molecule is O=C(O)CONC(=O)C(NC(=O)OCC1c2ccccc2-c2ccccc21)C1CC1. The van der Waals surface area contributed by atoms with E-state index in [9.17, 15) is 14.4 Å². The Morgan fingerprint density at radius 1 is 1.00 bits per heavy atom. The van der Waals surface area contributed by atoms with E-state index in [-0.39, 0.29) is 18.4 Å². The lowest BCUT2D eigenvalue weighted by molar-refractivity contribution is -0.150. The summed E-state index contributed by atoms with van der Waals surface area (Å²) < 4.78 is 5.48. The third-order valence-corrected chi connectivity index (χ3v) is 5.36. The van der Waals surface area contributed by atoms with Crippen molar-refractivity contribution in [2.24, 2.45) is 5.92 Å². The molecular formula is C22H22N2O6. The predicted octanol–water partition coefficient (Wildman–Crippen LogP) is 2.44. The van der Waals surface area contributed by atoms with E-state index < -0.39 is 30.6 Å². The smallest absolute Gasteiger partial charge is 0.407 e. The zero-order valence-electron chi connectivity index (χ0n) is 16.2. The number of hydrogen-bond acceptors (Lipinski definition) is 5. The molecule has 8 heteroatoms. The van der Waals surface area contributed by atoms with E-state index in [1.807, 2.05) is 36.4 Å². The highest BCUT2D eigenvalue weighted by atomic mass is 16.7. The summed E-state index contributed by atoms with van der Waals surface area (Å²) in [7, 11) is 0. The number of aliphatic carboxylic acids is 1. The fourth-order valence-corrected chi connectivity index (χ4v) is 3.83. The van der Waals surface area contributed by atoms with E-state index >= 15 is 0 Å². The number of ether oxygens (including phenoxy) is 1. The minimum atomic E-state index is -1.21. The van der Waals surface area contributed by atoms with Crippen molar-refractivity contribution in [2.75, 3.05) is 13.2 Å². The second kappa shape index (κ2) is 8.54. The Labute approximate surface area is 173 Å². The standard InChI is InChI=1S/C22H22N2O6/c25-19(26)12-30-24-21(27)20(13-9-10-13)23-22(28)29-11-18-16-7-3-1-5-14(16)15-6-2-4-8-17(15)18/h1-8,13,18,20H,9-12H2,(H,23,28)(H,24,27)(H,25,26). The number of carbonyl (C=O) groups is 3. The molecule has 1 saturated carbocycles. The lowest BCUT2D eigenvalue weighted by atomic mass is 9.98. The molecule has 2 aromatic carbocycles. The Hall–Kier alpha value is -3.39. The number of fused-ring (bicyclic) bond motifs is 3. The van der Waals surface area contributed by atoms with Gasteiger partial charge in [-0.1, -0.05) is 48.5 Å². The molecule has 2 aliphatic rings. The second-order valence-electron chi connectivity index (χ2n) is 7.43. The zero-order valence-corrected chi connectivity index (χ0v) is 16.2. The van der Waals surface area contributed by atoms with E-state index in [2.05, 4.69) is 27.8 Å². The lowest BCUT2D eigenvalue weighted by Crippen LogP contribution is -2.48. The maximum Gasteiger partial charge on any atom is 0.407 e. The summed E-state index contributed by atoms with van der Waals surface area (Å²) in [6.07, 6.45) is 0.892. The van der Waals surface area contributed by atoms with Crippen LogP contribution in [0.15, 0.2) is 48.5 Å². The normalized spacial score (nSPS) is 15.6. The van der Waals surface area contributed by atoms with Crippen LogP contribution in [-0.4, -0.2) is 42.3 Å². The molecule has 0 heterocycles. The topological polar surface area (TPSA) is 114 Å². The number of carboxylic acid groups (broad SMARTS) is 1. The zero-order chi connectivity index (χ0) is 21.1. The van der Waals surface area contributed by atoms with E-state index in [1.165, 1.54) is 0 Å². The van der Waals surface area contributed by atoms with Crippen LogP contribution in [0.2, 0.25) is 0 Å². The van der Waals surface area contributed by atoms with Gasteiger partial charge < -0.3 is 15.2 Å². The lowest BCUT2D eigenvalue weighted by Gasteiger charge is -2.19. The van der Waals surface area contributed by atoms with Crippen molar-refractivity contribution < 1.29 is 29.1 Å². The average molecular weight is 410 g/mol. The van der Waals surface area contributed by atoms with Crippen LogP contribution >= 0.6 is 0 Å². The fraction of sp³-hybridized carbons (Fsp3) is 0.318. The summed E-state index contributed by atoms with van der Waals surface area (Å²) in [6.45, 7) is -0.511. The average Bonchev–Trinajstić information content (AvgIpc) is 3.53. The van der Waals surface area contributed by atoms with Crippen LogP contribution in [0, 0.1) is 5.92 Å². The van der Waals surface area contributed by atoms with E-state index in [0.717, 1.165) is 35.1 Å². The second-order valence-corrected chi connectivity index (χ2v) is 7.43. The Balaban J connectivity index is 1.37. The highest BCUT2D eigenvalue weighted by Gasteiger charge is 2.38. The van der Waals surface area contributed by atoms with Crippen molar-refractivity contribution in [3.8, 4) is 11.1 Å². The number of amides is 2. The van der Waals surface area contributed by atoms with Crippen molar-refractivity contribution in [3.63, 3.8) is 0 Å². The number of nitrogens with one attached hydrogen (secondary N) is 2. The van der Waals surface area contributed by atoms with Crippen LogP contribution in [0.3, 0.4) is 0 Å². The van der Waals surface area contributed by atoms with Crippen LogP contribution in [-0.2, 0) is 19.2 Å². The summed E-state index contributed by atoms with van der Waals surface area (Å²) in [6, 6.07) is 15.2. The van der Waals surface area contributed by atoms with E-state index in [1.54, 1.807) is 0 Å². The van der Waals surface area contributed by atoms with Gasteiger partial charge in [-0.25, -0.2) is 15.1 Å². The van der Waals surface area contributed by atoms with Crippen molar-refractivity contribution >= 4 is 18.0 Å². The first-order chi connectivity index (χ1) is 14.5. The first-order valence-corrected chi connectivity index (χ1v) is 9.79. The molecule has 1 unspecified atom stereocenters. The molecule has 0 aliphatic heterocycles. The number of alkyl carbamates (subject to hydrolysis) is 1. The fourth-order valence-electron chi connectivity index (χ4n) is 3.83. The van der Waals surface area contributed by atoms with Crippen LogP contribution in [0.5, 0.6) is 0 Å². The molecule has 0 aromatic heterocycles. The van der Waals surface area contributed by atoms with Gasteiger partial charge >= 0.3 is 12.1 Å².